The Morgan fingerprint density at radius 1 is 0.974 bits per heavy atom. The molecule has 196 valence electrons. The fourth-order valence-electron chi connectivity index (χ4n) is 4.72. The molecule has 2 aliphatic heterocycles. The maximum Gasteiger partial charge on any atom is 0.356 e. The van der Waals surface area contributed by atoms with Crippen molar-refractivity contribution in [1.29, 1.82) is 0 Å². The lowest BCUT2D eigenvalue weighted by Crippen LogP contribution is -2.49. The average Bonchev–Trinajstić information content (AvgIpc) is 2.97. The second-order valence-electron chi connectivity index (χ2n) is 9.27. The lowest BCUT2D eigenvalue weighted by atomic mass is 10.0. The van der Waals surface area contributed by atoms with E-state index in [0.29, 0.717) is 55.4 Å². The number of aromatic nitrogens is 2. The highest BCUT2D eigenvalue weighted by Crippen LogP contribution is 2.30. The molecule has 11 nitrogen and oxygen atoms in total. The van der Waals surface area contributed by atoms with Gasteiger partial charge in [-0.25, -0.2) is 14.8 Å². The lowest BCUT2D eigenvalue weighted by Gasteiger charge is -2.35. The first-order valence-corrected chi connectivity index (χ1v) is 12.5. The van der Waals surface area contributed by atoms with Crippen LogP contribution in [0, 0.1) is 0 Å². The molecule has 1 aromatic heterocycles. The Balaban J connectivity index is 1.14. The third kappa shape index (κ3) is 5.57. The minimum atomic E-state index is -0.580. The van der Waals surface area contributed by atoms with Gasteiger partial charge in [-0.1, -0.05) is 12.1 Å². The van der Waals surface area contributed by atoms with E-state index in [1.54, 1.807) is 42.7 Å². The summed E-state index contributed by atoms with van der Waals surface area (Å²) in [6.45, 7) is 2.46. The lowest BCUT2D eigenvalue weighted by molar-refractivity contribution is -0.117. The molecule has 0 aliphatic carbocycles. The third-order valence-electron chi connectivity index (χ3n) is 6.83. The molecule has 1 saturated heterocycles. The van der Waals surface area contributed by atoms with Crippen molar-refractivity contribution >= 4 is 35.1 Å². The quantitative estimate of drug-likeness (QED) is 0.404. The Hall–Kier alpha value is -4.51. The molecule has 2 aromatic carbocycles. The number of rotatable bonds is 7. The Morgan fingerprint density at radius 3 is 2.39 bits per heavy atom. The molecule has 2 amide bonds. The summed E-state index contributed by atoms with van der Waals surface area (Å²) in [6, 6.07) is 13.8. The summed E-state index contributed by atoms with van der Waals surface area (Å²) in [5.41, 5.74) is 3.38. The van der Waals surface area contributed by atoms with E-state index >= 15 is 0 Å². The molecule has 5 rings (SSSR count). The van der Waals surface area contributed by atoms with Gasteiger partial charge in [0.2, 0.25) is 11.9 Å². The van der Waals surface area contributed by atoms with Crippen LogP contribution in [0.15, 0.2) is 60.9 Å². The predicted octanol–water partition coefficient (Wildman–Crippen LogP) is 2.22. The van der Waals surface area contributed by atoms with Gasteiger partial charge in [-0.3, -0.25) is 9.59 Å². The van der Waals surface area contributed by atoms with Crippen LogP contribution in [0.1, 0.15) is 39.1 Å². The largest absolute Gasteiger partial charge is 0.372 e. The predicted molar refractivity (Wildman–Crippen MR) is 142 cm³/mol. The fourth-order valence-corrected chi connectivity index (χ4v) is 4.72. The molecular weight excluding hydrogens is 486 g/mol. The molecule has 0 bridgehead atoms. The highest BCUT2D eigenvalue weighted by atomic mass is 16.7. The van der Waals surface area contributed by atoms with Gasteiger partial charge in [0.1, 0.15) is 6.04 Å². The standard InChI is InChI=1S/C27H29N7O4/c28-38-26(37)19-7-5-18(6-8-19)3-1-4-22-24(35)32-23-17-20(9-10-21(23)31-22)25(36)33-13-15-34(16-14-33)27-29-11-2-12-30-27/h2,5-12,17,22,31H,1,3-4,13-16,28H2,(H,32,35). The Kier molecular flexibility index (Phi) is 7.45. The van der Waals surface area contributed by atoms with Gasteiger partial charge in [-0.05, 0) is 61.2 Å². The van der Waals surface area contributed by atoms with Crippen LogP contribution in [0.25, 0.3) is 0 Å². The number of piperazine rings is 1. The molecule has 2 aliphatic rings. The van der Waals surface area contributed by atoms with E-state index in [9.17, 15) is 14.4 Å². The molecule has 11 heteroatoms. The molecule has 3 heterocycles. The molecule has 0 radical (unpaired) electrons. The topological polar surface area (TPSA) is 143 Å². The summed E-state index contributed by atoms with van der Waals surface area (Å²) in [7, 11) is 0. The van der Waals surface area contributed by atoms with Crippen LogP contribution in [0.2, 0.25) is 0 Å². The highest BCUT2D eigenvalue weighted by Gasteiger charge is 2.28. The SMILES string of the molecule is NOC(=O)c1ccc(CCCC2Nc3ccc(C(=O)N4CCN(c5ncccn5)CC4)cc3NC2=O)cc1. The average molecular weight is 516 g/mol. The molecule has 1 atom stereocenters. The molecule has 1 fully saturated rings. The van der Waals surface area contributed by atoms with E-state index in [2.05, 4.69) is 30.3 Å². The smallest absolute Gasteiger partial charge is 0.356 e. The molecular formula is C27H29N7O4. The van der Waals surface area contributed by atoms with Crippen LogP contribution in [0.3, 0.4) is 0 Å². The summed E-state index contributed by atoms with van der Waals surface area (Å²) >= 11 is 0. The summed E-state index contributed by atoms with van der Waals surface area (Å²) in [5.74, 6) is 4.81. The fraction of sp³-hybridized carbons (Fsp3) is 0.296. The van der Waals surface area contributed by atoms with Crippen LogP contribution in [0.4, 0.5) is 17.3 Å². The zero-order chi connectivity index (χ0) is 26.5. The first-order chi connectivity index (χ1) is 18.5. The van der Waals surface area contributed by atoms with Crippen molar-refractivity contribution in [2.75, 3.05) is 41.7 Å². The van der Waals surface area contributed by atoms with Crippen LogP contribution in [-0.2, 0) is 16.1 Å². The van der Waals surface area contributed by atoms with Gasteiger partial charge in [0.25, 0.3) is 5.91 Å². The number of benzene rings is 2. The maximum absolute atomic E-state index is 13.1. The van der Waals surface area contributed by atoms with Gasteiger partial charge < -0.3 is 25.3 Å². The van der Waals surface area contributed by atoms with Gasteiger partial charge >= 0.3 is 5.97 Å². The van der Waals surface area contributed by atoms with Gasteiger partial charge in [-0.2, -0.15) is 5.90 Å². The second-order valence-corrected chi connectivity index (χ2v) is 9.27. The minimum absolute atomic E-state index is 0.0662. The Morgan fingerprint density at radius 2 is 1.68 bits per heavy atom. The molecule has 3 aromatic rings. The second kappa shape index (κ2) is 11.3. The Bertz CT molecular complexity index is 1310. The monoisotopic (exact) mass is 515 g/mol. The number of nitrogens with one attached hydrogen (secondary N) is 2. The number of carbonyl (C=O) groups is 3. The molecule has 0 spiro atoms. The van der Waals surface area contributed by atoms with Gasteiger partial charge in [0, 0.05) is 44.1 Å². The molecule has 4 N–H and O–H groups in total. The van der Waals surface area contributed by atoms with E-state index in [0.717, 1.165) is 24.1 Å². The summed E-state index contributed by atoms with van der Waals surface area (Å²) in [5, 5.41) is 6.25. The number of hydrogen-bond acceptors (Lipinski definition) is 9. The van der Waals surface area contributed by atoms with Crippen LogP contribution >= 0.6 is 0 Å². The third-order valence-corrected chi connectivity index (χ3v) is 6.83. The Labute approximate surface area is 219 Å². The highest BCUT2D eigenvalue weighted by molar-refractivity contribution is 6.05. The van der Waals surface area contributed by atoms with Gasteiger partial charge in [0.05, 0.1) is 16.9 Å². The van der Waals surface area contributed by atoms with E-state index in [-0.39, 0.29) is 17.9 Å². The minimum Gasteiger partial charge on any atom is -0.372 e. The van der Waals surface area contributed by atoms with Crippen molar-refractivity contribution in [1.82, 2.24) is 14.9 Å². The van der Waals surface area contributed by atoms with Crippen LogP contribution in [-0.4, -0.2) is 64.9 Å². The van der Waals surface area contributed by atoms with Crippen molar-refractivity contribution in [2.45, 2.75) is 25.3 Å². The summed E-state index contributed by atoms with van der Waals surface area (Å²) in [6.07, 6.45) is 5.59. The summed E-state index contributed by atoms with van der Waals surface area (Å²) < 4.78 is 0. The molecule has 1 unspecified atom stereocenters. The zero-order valence-corrected chi connectivity index (χ0v) is 20.8. The number of nitrogens with two attached hydrogens (primary N) is 1. The van der Waals surface area contributed by atoms with E-state index < -0.39 is 5.97 Å². The number of hydrogen-bond donors (Lipinski definition) is 3. The van der Waals surface area contributed by atoms with E-state index in [4.69, 9.17) is 5.90 Å². The zero-order valence-electron chi connectivity index (χ0n) is 20.8. The molecule has 0 saturated carbocycles. The number of carbonyl (C=O) groups excluding carboxylic acids is 3. The molecule has 38 heavy (non-hydrogen) atoms. The first-order valence-electron chi connectivity index (χ1n) is 12.5. The van der Waals surface area contributed by atoms with Crippen molar-refractivity contribution in [3.63, 3.8) is 0 Å². The van der Waals surface area contributed by atoms with Crippen LogP contribution < -0.4 is 21.4 Å². The normalized spacial score (nSPS) is 16.8. The number of fused-ring (bicyclic) bond motifs is 1. The van der Waals surface area contributed by atoms with E-state index in [1.807, 2.05) is 23.1 Å². The first kappa shape index (κ1) is 25.2. The summed E-state index contributed by atoms with van der Waals surface area (Å²) in [4.78, 5) is 54.0. The van der Waals surface area contributed by atoms with Crippen molar-refractivity contribution < 1.29 is 19.2 Å². The van der Waals surface area contributed by atoms with Gasteiger partial charge in [-0.15, -0.1) is 0 Å². The number of aryl methyl sites for hydroxylation is 1. The number of anilines is 3. The van der Waals surface area contributed by atoms with Gasteiger partial charge in [0.15, 0.2) is 0 Å². The van der Waals surface area contributed by atoms with E-state index in [1.165, 1.54) is 0 Å². The van der Waals surface area contributed by atoms with Crippen molar-refractivity contribution in [3.8, 4) is 0 Å². The van der Waals surface area contributed by atoms with Crippen molar-refractivity contribution in [2.24, 2.45) is 5.90 Å². The van der Waals surface area contributed by atoms with Crippen molar-refractivity contribution in [3.05, 3.63) is 77.6 Å². The number of nitrogens with zero attached hydrogens (tertiary/aromatic N) is 4. The van der Waals surface area contributed by atoms with Crippen LogP contribution in [0.5, 0.6) is 0 Å². The maximum atomic E-state index is 13.1. The number of amides is 2.